The Bertz CT molecular complexity index is 1650. The van der Waals surface area contributed by atoms with E-state index in [9.17, 15) is 18.0 Å². The molecule has 0 aliphatic rings. The van der Waals surface area contributed by atoms with Crippen LogP contribution in [-0.2, 0) is 32.6 Å². The Kier molecular flexibility index (Phi) is 11.6. The molecule has 2 amide bonds. The van der Waals surface area contributed by atoms with Crippen LogP contribution in [0.2, 0.25) is 0 Å². The highest BCUT2D eigenvalue weighted by Crippen LogP contribution is 2.26. The first-order valence-electron chi connectivity index (χ1n) is 14.6. The summed E-state index contributed by atoms with van der Waals surface area (Å²) in [6.07, 6.45) is 1.00. The SMILES string of the molecule is CC[C@H](C)NC(=O)[C@H](Cc1ccccc1)N(Cc1cccc(C)c1)C(=O)CN(c1ccc(I)cc1)S(=O)(=O)c1ccccc1. The van der Waals surface area contributed by atoms with Gasteiger partial charge in [-0.1, -0.05) is 85.3 Å². The summed E-state index contributed by atoms with van der Waals surface area (Å²) in [4.78, 5) is 30.0. The number of rotatable bonds is 13. The molecule has 0 saturated heterocycles. The molecule has 0 radical (unpaired) electrons. The summed E-state index contributed by atoms with van der Waals surface area (Å²) in [5.74, 6) is -0.763. The van der Waals surface area contributed by atoms with Crippen LogP contribution in [-0.4, -0.2) is 43.8 Å². The number of halogens is 1. The van der Waals surface area contributed by atoms with Gasteiger partial charge in [0.05, 0.1) is 10.6 Å². The average molecular weight is 724 g/mol. The summed E-state index contributed by atoms with van der Waals surface area (Å²) in [5, 5.41) is 3.06. The Morgan fingerprint density at radius 1 is 0.841 bits per heavy atom. The second-order valence-corrected chi connectivity index (χ2v) is 13.9. The lowest BCUT2D eigenvalue weighted by Crippen LogP contribution is -2.54. The Balaban J connectivity index is 1.80. The van der Waals surface area contributed by atoms with Gasteiger partial charge in [0.2, 0.25) is 11.8 Å². The van der Waals surface area contributed by atoms with E-state index < -0.39 is 28.5 Å². The molecule has 1 N–H and O–H groups in total. The van der Waals surface area contributed by atoms with Crippen molar-refractivity contribution in [3.8, 4) is 0 Å². The van der Waals surface area contributed by atoms with Crippen molar-refractivity contribution in [2.45, 2.75) is 57.1 Å². The second kappa shape index (κ2) is 15.3. The van der Waals surface area contributed by atoms with E-state index in [0.29, 0.717) is 5.69 Å². The van der Waals surface area contributed by atoms with Gasteiger partial charge in [0.25, 0.3) is 10.0 Å². The van der Waals surface area contributed by atoms with Crippen LogP contribution in [0.3, 0.4) is 0 Å². The van der Waals surface area contributed by atoms with Crippen molar-refractivity contribution in [1.29, 1.82) is 0 Å². The molecule has 0 fully saturated rings. The normalized spacial score (nSPS) is 12.6. The van der Waals surface area contributed by atoms with Gasteiger partial charge in [-0.3, -0.25) is 13.9 Å². The maximum absolute atomic E-state index is 14.5. The van der Waals surface area contributed by atoms with Crippen LogP contribution in [0.25, 0.3) is 0 Å². The summed E-state index contributed by atoms with van der Waals surface area (Å²) in [7, 11) is -4.12. The van der Waals surface area contributed by atoms with Gasteiger partial charge < -0.3 is 10.2 Å². The number of carbonyl (C=O) groups excluding carboxylic acids is 2. The predicted molar refractivity (Wildman–Crippen MR) is 184 cm³/mol. The zero-order chi connectivity index (χ0) is 31.7. The van der Waals surface area contributed by atoms with Crippen LogP contribution < -0.4 is 9.62 Å². The summed E-state index contributed by atoms with van der Waals surface area (Å²) in [6.45, 7) is 5.54. The quantitative estimate of drug-likeness (QED) is 0.163. The van der Waals surface area contributed by atoms with E-state index in [0.717, 1.165) is 31.0 Å². The van der Waals surface area contributed by atoms with Crippen LogP contribution in [0.15, 0.2) is 114 Å². The zero-order valence-electron chi connectivity index (χ0n) is 25.2. The first-order valence-corrected chi connectivity index (χ1v) is 17.1. The monoisotopic (exact) mass is 723 g/mol. The largest absolute Gasteiger partial charge is 0.352 e. The topological polar surface area (TPSA) is 86.8 Å². The van der Waals surface area contributed by atoms with E-state index in [1.165, 1.54) is 17.0 Å². The lowest BCUT2D eigenvalue weighted by Gasteiger charge is -2.34. The van der Waals surface area contributed by atoms with Crippen molar-refractivity contribution in [3.63, 3.8) is 0 Å². The fourth-order valence-electron chi connectivity index (χ4n) is 4.86. The molecule has 44 heavy (non-hydrogen) atoms. The van der Waals surface area contributed by atoms with Crippen molar-refractivity contribution < 1.29 is 18.0 Å². The highest BCUT2D eigenvalue weighted by atomic mass is 127. The van der Waals surface area contributed by atoms with Crippen molar-refractivity contribution in [2.24, 2.45) is 0 Å². The van der Waals surface area contributed by atoms with Crippen LogP contribution in [0, 0.1) is 10.5 Å². The van der Waals surface area contributed by atoms with Crippen molar-refractivity contribution in [1.82, 2.24) is 10.2 Å². The first kappa shape index (κ1) is 33.2. The minimum absolute atomic E-state index is 0.0759. The molecule has 4 aromatic carbocycles. The Hall–Kier alpha value is -3.70. The summed E-state index contributed by atoms with van der Waals surface area (Å²) in [6, 6.07) is 31.4. The molecular weight excluding hydrogens is 685 g/mol. The molecule has 0 saturated carbocycles. The fourth-order valence-corrected chi connectivity index (χ4v) is 6.65. The van der Waals surface area contributed by atoms with E-state index in [1.54, 1.807) is 42.5 Å². The second-order valence-electron chi connectivity index (χ2n) is 10.8. The van der Waals surface area contributed by atoms with Gasteiger partial charge in [0.15, 0.2) is 0 Å². The third-order valence-corrected chi connectivity index (χ3v) is 9.94. The van der Waals surface area contributed by atoms with E-state index in [-0.39, 0.29) is 29.8 Å². The molecule has 9 heteroatoms. The van der Waals surface area contributed by atoms with E-state index in [1.807, 2.05) is 75.4 Å². The van der Waals surface area contributed by atoms with E-state index in [4.69, 9.17) is 0 Å². The molecule has 0 aliphatic heterocycles. The minimum Gasteiger partial charge on any atom is -0.352 e. The van der Waals surface area contributed by atoms with Crippen LogP contribution in [0.1, 0.15) is 37.0 Å². The van der Waals surface area contributed by atoms with E-state index in [2.05, 4.69) is 27.9 Å². The molecule has 4 rings (SSSR count). The van der Waals surface area contributed by atoms with Gasteiger partial charge in [-0.05, 0) is 90.4 Å². The number of nitrogens with zero attached hydrogens (tertiary/aromatic N) is 2. The van der Waals surface area contributed by atoms with Gasteiger partial charge in [-0.2, -0.15) is 0 Å². The predicted octanol–water partition coefficient (Wildman–Crippen LogP) is 6.35. The van der Waals surface area contributed by atoms with Gasteiger partial charge in [0.1, 0.15) is 12.6 Å². The Labute approximate surface area is 274 Å². The van der Waals surface area contributed by atoms with Crippen molar-refractivity contribution in [2.75, 3.05) is 10.8 Å². The van der Waals surface area contributed by atoms with Gasteiger partial charge in [0, 0.05) is 22.6 Å². The molecule has 230 valence electrons. The summed E-state index contributed by atoms with van der Waals surface area (Å²) in [5.41, 5.74) is 3.12. The molecule has 7 nitrogen and oxygen atoms in total. The number of sulfonamides is 1. The van der Waals surface area contributed by atoms with Gasteiger partial charge >= 0.3 is 0 Å². The van der Waals surface area contributed by atoms with Crippen LogP contribution >= 0.6 is 22.6 Å². The van der Waals surface area contributed by atoms with Crippen molar-refractivity contribution in [3.05, 3.63) is 129 Å². The lowest BCUT2D eigenvalue weighted by molar-refractivity contribution is -0.140. The highest BCUT2D eigenvalue weighted by molar-refractivity contribution is 14.1. The third-order valence-electron chi connectivity index (χ3n) is 7.43. The van der Waals surface area contributed by atoms with Crippen LogP contribution in [0.5, 0.6) is 0 Å². The fraction of sp³-hybridized carbons (Fsp3) is 0.257. The van der Waals surface area contributed by atoms with Gasteiger partial charge in [-0.25, -0.2) is 8.42 Å². The number of anilines is 1. The van der Waals surface area contributed by atoms with Gasteiger partial charge in [-0.15, -0.1) is 0 Å². The number of hydrogen-bond acceptors (Lipinski definition) is 4. The number of nitrogens with one attached hydrogen (secondary N) is 1. The molecule has 2 atom stereocenters. The number of benzene rings is 4. The smallest absolute Gasteiger partial charge is 0.264 e. The molecule has 0 heterocycles. The summed E-state index contributed by atoms with van der Waals surface area (Å²) < 4.78 is 30.1. The minimum atomic E-state index is -4.12. The number of amides is 2. The first-order chi connectivity index (χ1) is 21.1. The maximum Gasteiger partial charge on any atom is 0.264 e. The third kappa shape index (κ3) is 8.69. The molecule has 0 unspecified atom stereocenters. The molecule has 0 bridgehead atoms. The van der Waals surface area contributed by atoms with Crippen LogP contribution in [0.4, 0.5) is 5.69 Å². The average Bonchev–Trinajstić information content (AvgIpc) is 3.02. The number of hydrogen-bond donors (Lipinski definition) is 1. The molecule has 0 aromatic heterocycles. The molecule has 0 spiro atoms. The zero-order valence-corrected chi connectivity index (χ0v) is 28.2. The molecule has 4 aromatic rings. The Morgan fingerprint density at radius 2 is 1.45 bits per heavy atom. The summed E-state index contributed by atoms with van der Waals surface area (Å²) >= 11 is 2.15. The lowest BCUT2D eigenvalue weighted by atomic mass is 10.0. The molecule has 0 aliphatic carbocycles. The Morgan fingerprint density at radius 3 is 2.07 bits per heavy atom. The maximum atomic E-state index is 14.5. The number of carbonyl (C=O) groups is 2. The molecular formula is C35H38IN3O4S. The number of aryl methyl sites for hydroxylation is 1. The standard InChI is InChI=1S/C35H38IN3O4S/c1-4-27(3)37-35(41)33(23-28-13-7-5-8-14-28)38(24-29-15-11-12-26(2)22-29)34(40)25-39(31-20-18-30(36)19-21-31)44(42,43)32-16-9-6-10-17-32/h5-22,27,33H,4,23-25H2,1-3H3,(H,37,41)/t27-,33-/m0/s1. The highest BCUT2D eigenvalue weighted by Gasteiger charge is 2.35. The van der Waals surface area contributed by atoms with E-state index >= 15 is 0 Å². The van der Waals surface area contributed by atoms with Crippen molar-refractivity contribution >= 4 is 50.1 Å².